The van der Waals surface area contributed by atoms with E-state index >= 15 is 0 Å². The predicted molar refractivity (Wildman–Crippen MR) is 130 cm³/mol. The van der Waals surface area contributed by atoms with Gasteiger partial charge in [0.05, 0.1) is 28.9 Å². The highest BCUT2D eigenvalue weighted by Crippen LogP contribution is 2.43. The van der Waals surface area contributed by atoms with Crippen LogP contribution in [0.2, 0.25) is 5.02 Å². The number of nitrogens with zero attached hydrogens (tertiary/aromatic N) is 2. The van der Waals surface area contributed by atoms with Crippen molar-refractivity contribution in [3.63, 3.8) is 0 Å². The molecular formula is C26H18ClF5N4O2. The molecule has 2 N–H and O–H groups in total. The number of carbonyl (C=O) groups is 2. The third kappa shape index (κ3) is 4.36. The van der Waals surface area contributed by atoms with Crippen LogP contribution in [0.15, 0.2) is 48.7 Å². The van der Waals surface area contributed by atoms with Crippen LogP contribution in [-0.2, 0) is 6.18 Å². The van der Waals surface area contributed by atoms with E-state index in [1.165, 1.54) is 18.3 Å². The zero-order valence-corrected chi connectivity index (χ0v) is 20.5. The first-order valence-corrected chi connectivity index (χ1v) is 11.7. The minimum Gasteiger partial charge on any atom is -0.341 e. The quantitative estimate of drug-likeness (QED) is 0.280. The van der Waals surface area contributed by atoms with Gasteiger partial charge in [-0.1, -0.05) is 11.6 Å². The lowest BCUT2D eigenvalue weighted by atomic mass is 9.94. The summed E-state index contributed by atoms with van der Waals surface area (Å²) in [4.78, 5) is 26.3. The third-order valence-electron chi connectivity index (χ3n) is 6.23. The van der Waals surface area contributed by atoms with E-state index in [1.807, 2.05) is 13.8 Å². The van der Waals surface area contributed by atoms with Crippen LogP contribution >= 0.6 is 11.6 Å². The Labute approximate surface area is 217 Å². The molecule has 0 aliphatic carbocycles. The minimum atomic E-state index is -4.88. The van der Waals surface area contributed by atoms with Crippen molar-refractivity contribution in [3.05, 3.63) is 93.1 Å². The summed E-state index contributed by atoms with van der Waals surface area (Å²) in [7, 11) is 0. The molecular weight excluding hydrogens is 531 g/mol. The van der Waals surface area contributed by atoms with Crippen LogP contribution in [0.1, 0.15) is 63.3 Å². The van der Waals surface area contributed by atoms with Crippen LogP contribution in [0.3, 0.4) is 0 Å². The standard InChI is InChI=1S/C26H18ClF5N4O2/c1-11(2)36-20-9-19(34-24(37)12-5-13(26(30,31)32)7-15(29)6-12)22-21(17(20)10-33-36)25(38)35-23(22)16-8-14(28)3-4-18(16)27/h3-11,23H,1-2H3,(H,34,37)(H,35,38). The van der Waals surface area contributed by atoms with Gasteiger partial charge in [0.2, 0.25) is 0 Å². The SMILES string of the molecule is CC(C)n1ncc2c3c(c(NC(=O)c4cc(F)cc(C(F)(F)F)c4)cc21)C(c1cc(F)ccc1Cl)NC3=O. The number of halogens is 6. The number of fused-ring (bicyclic) bond motifs is 3. The number of nitrogens with one attached hydrogen (secondary N) is 2. The molecule has 0 saturated heterocycles. The third-order valence-corrected chi connectivity index (χ3v) is 6.57. The number of aromatic nitrogens is 2. The number of hydrogen-bond acceptors (Lipinski definition) is 3. The monoisotopic (exact) mass is 548 g/mol. The van der Waals surface area contributed by atoms with Crippen molar-refractivity contribution in [3.8, 4) is 0 Å². The summed E-state index contributed by atoms with van der Waals surface area (Å²) in [6, 6.07) is 5.45. The smallest absolute Gasteiger partial charge is 0.341 e. The molecule has 3 aromatic carbocycles. The first kappa shape index (κ1) is 25.7. The van der Waals surface area contributed by atoms with Crippen molar-refractivity contribution < 1.29 is 31.5 Å². The van der Waals surface area contributed by atoms with E-state index in [-0.39, 0.29) is 39.5 Å². The molecule has 0 fully saturated rings. The lowest BCUT2D eigenvalue weighted by Crippen LogP contribution is -2.21. The van der Waals surface area contributed by atoms with Gasteiger partial charge < -0.3 is 10.6 Å². The van der Waals surface area contributed by atoms with E-state index in [1.54, 1.807) is 4.68 Å². The summed E-state index contributed by atoms with van der Waals surface area (Å²) >= 11 is 6.32. The van der Waals surface area contributed by atoms with Crippen LogP contribution in [0, 0.1) is 11.6 Å². The number of rotatable bonds is 4. The maximum absolute atomic E-state index is 14.1. The fourth-order valence-corrected chi connectivity index (χ4v) is 4.81. The molecule has 5 rings (SSSR count). The van der Waals surface area contributed by atoms with Crippen LogP contribution in [0.5, 0.6) is 0 Å². The molecule has 1 unspecified atom stereocenters. The lowest BCUT2D eigenvalue weighted by molar-refractivity contribution is -0.137. The maximum Gasteiger partial charge on any atom is 0.416 e. The topological polar surface area (TPSA) is 76.0 Å². The molecule has 1 aromatic heterocycles. The number of amides is 2. The average Bonchev–Trinajstić information content (AvgIpc) is 3.41. The fourth-order valence-electron chi connectivity index (χ4n) is 4.59. The van der Waals surface area contributed by atoms with Gasteiger partial charge in [0, 0.05) is 38.8 Å². The Balaban J connectivity index is 1.70. The van der Waals surface area contributed by atoms with Gasteiger partial charge in [-0.05, 0) is 56.3 Å². The molecule has 6 nitrogen and oxygen atoms in total. The van der Waals surface area contributed by atoms with E-state index in [9.17, 15) is 31.5 Å². The second kappa shape index (κ2) is 9.09. The van der Waals surface area contributed by atoms with Gasteiger partial charge in [-0.2, -0.15) is 18.3 Å². The Morgan fingerprint density at radius 2 is 1.84 bits per heavy atom. The molecule has 196 valence electrons. The summed E-state index contributed by atoms with van der Waals surface area (Å²) in [5.74, 6) is -3.45. The Bertz CT molecular complexity index is 1630. The normalized spacial score (nSPS) is 15.2. The number of alkyl halides is 3. The van der Waals surface area contributed by atoms with Crippen LogP contribution < -0.4 is 10.6 Å². The second-order valence-electron chi connectivity index (χ2n) is 9.08. The summed E-state index contributed by atoms with van der Waals surface area (Å²) < 4.78 is 69.4. The van der Waals surface area contributed by atoms with E-state index in [4.69, 9.17) is 11.6 Å². The van der Waals surface area contributed by atoms with Crippen LogP contribution in [0.25, 0.3) is 10.9 Å². The molecule has 0 spiro atoms. The highest BCUT2D eigenvalue weighted by molar-refractivity contribution is 6.31. The van der Waals surface area contributed by atoms with Gasteiger partial charge in [-0.25, -0.2) is 8.78 Å². The fraction of sp³-hybridized carbons (Fsp3) is 0.192. The largest absolute Gasteiger partial charge is 0.416 e. The molecule has 2 amide bonds. The maximum atomic E-state index is 14.1. The van der Waals surface area contributed by atoms with Crippen molar-refractivity contribution in [2.24, 2.45) is 0 Å². The number of anilines is 1. The second-order valence-corrected chi connectivity index (χ2v) is 9.49. The average molecular weight is 549 g/mol. The van der Waals surface area contributed by atoms with E-state index < -0.39 is 46.8 Å². The van der Waals surface area contributed by atoms with E-state index in [0.717, 1.165) is 12.1 Å². The van der Waals surface area contributed by atoms with E-state index in [0.29, 0.717) is 23.0 Å². The highest BCUT2D eigenvalue weighted by Gasteiger charge is 2.37. The lowest BCUT2D eigenvalue weighted by Gasteiger charge is -2.19. The molecule has 0 bridgehead atoms. The number of benzene rings is 3. The van der Waals surface area contributed by atoms with Crippen molar-refractivity contribution in [1.82, 2.24) is 15.1 Å². The van der Waals surface area contributed by atoms with Gasteiger partial charge in [0.15, 0.2) is 0 Å². The summed E-state index contributed by atoms with van der Waals surface area (Å²) in [5, 5.41) is 10.2. The van der Waals surface area contributed by atoms with Crippen molar-refractivity contribution in [2.75, 3.05) is 5.32 Å². The molecule has 12 heteroatoms. The van der Waals surface area contributed by atoms with Gasteiger partial charge in [-0.3, -0.25) is 14.3 Å². The Morgan fingerprint density at radius 3 is 2.53 bits per heavy atom. The molecule has 1 atom stereocenters. The Hall–Kier alpha value is -3.99. The van der Waals surface area contributed by atoms with Gasteiger partial charge in [-0.15, -0.1) is 0 Å². The summed E-state index contributed by atoms with van der Waals surface area (Å²) in [6.45, 7) is 3.69. The molecule has 1 aliphatic rings. The van der Waals surface area contributed by atoms with E-state index in [2.05, 4.69) is 15.7 Å². The number of carbonyl (C=O) groups excluding carboxylic acids is 2. The highest BCUT2D eigenvalue weighted by atomic mass is 35.5. The first-order valence-electron chi connectivity index (χ1n) is 11.3. The van der Waals surface area contributed by atoms with Gasteiger partial charge >= 0.3 is 6.18 Å². The zero-order valence-electron chi connectivity index (χ0n) is 19.8. The molecule has 0 saturated carbocycles. The predicted octanol–water partition coefficient (Wildman–Crippen LogP) is 6.65. The van der Waals surface area contributed by atoms with Crippen LogP contribution in [-0.4, -0.2) is 21.6 Å². The van der Waals surface area contributed by atoms with Gasteiger partial charge in [0.25, 0.3) is 11.8 Å². The van der Waals surface area contributed by atoms with Crippen molar-refractivity contribution >= 4 is 40.0 Å². The minimum absolute atomic E-state index is 0.0430. The van der Waals surface area contributed by atoms with Crippen molar-refractivity contribution in [2.45, 2.75) is 32.1 Å². The molecule has 4 aromatic rings. The van der Waals surface area contributed by atoms with Gasteiger partial charge in [0.1, 0.15) is 11.6 Å². The number of hydrogen-bond donors (Lipinski definition) is 2. The summed E-state index contributed by atoms with van der Waals surface area (Å²) in [5.41, 5.74) is -0.838. The molecule has 38 heavy (non-hydrogen) atoms. The van der Waals surface area contributed by atoms with Crippen molar-refractivity contribution in [1.29, 1.82) is 0 Å². The molecule has 2 heterocycles. The Morgan fingerprint density at radius 1 is 1.11 bits per heavy atom. The van der Waals surface area contributed by atoms with Crippen LogP contribution in [0.4, 0.5) is 27.6 Å². The molecule has 0 radical (unpaired) electrons. The first-order chi connectivity index (χ1) is 17.8. The zero-order chi connectivity index (χ0) is 27.5. The molecule has 1 aliphatic heterocycles. The summed E-state index contributed by atoms with van der Waals surface area (Å²) in [6.07, 6.45) is -3.40. The Kier molecular flexibility index (Phi) is 6.13.